The van der Waals surface area contributed by atoms with Crippen LogP contribution in [-0.2, 0) is 0 Å². The van der Waals surface area contributed by atoms with E-state index in [0.29, 0.717) is 0 Å². The van der Waals surface area contributed by atoms with Gasteiger partial charge >= 0.3 is 0 Å². The lowest BCUT2D eigenvalue weighted by molar-refractivity contribution is 0.450. The van der Waals surface area contributed by atoms with Crippen molar-refractivity contribution in [2.24, 2.45) is 0 Å². The van der Waals surface area contributed by atoms with Crippen LogP contribution in [0.3, 0.4) is 0 Å². The summed E-state index contributed by atoms with van der Waals surface area (Å²) in [6.07, 6.45) is 0. The maximum Gasteiger partial charge on any atom is 0.121 e. The zero-order chi connectivity index (χ0) is 19.5. The Kier molecular flexibility index (Phi) is 3.18. The lowest BCUT2D eigenvalue weighted by Crippen LogP contribution is -1.93. The van der Waals surface area contributed by atoms with Gasteiger partial charge in [0.05, 0.1) is 16.7 Å². The fraction of sp³-hybridized carbons (Fsp3) is 0. The Balaban J connectivity index is 1.93. The van der Waals surface area contributed by atoms with Gasteiger partial charge in [0.15, 0.2) is 0 Å². The van der Waals surface area contributed by atoms with Crippen LogP contribution in [0.2, 0.25) is 0 Å². The van der Waals surface area contributed by atoms with Gasteiger partial charge in [0.2, 0.25) is 0 Å². The van der Waals surface area contributed by atoms with Crippen LogP contribution < -0.4 is 0 Å². The van der Waals surface area contributed by atoms with E-state index in [1.807, 2.05) is 0 Å². The highest BCUT2D eigenvalue weighted by atomic mass is 16.3. The molecule has 138 valence electrons. The van der Waals surface area contributed by atoms with Crippen LogP contribution in [0, 0.1) is 0 Å². The summed E-state index contributed by atoms with van der Waals surface area (Å²) in [7, 11) is 0. The lowest BCUT2D eigenvalue weighted by Gasteiger charge is -2.09. The van der Waals surface area contributed by atoms with Gasteiger partial charge in [-0.25, -0.2) is 0 Å². The minimum absolute atomic E-state index is 0.0385. The predicted octanol–water partition coefficient (Wildman–Crippen LogP) is 6.50. The number of phenolic OH excluding ortho intramolecular Hbond substituents is 2. The number of hydrogen-bond acceptors (Lipinski definition) is 2. The van der Waals surface area contributed by atoms with Crippen LogP contribution in [0.25, 0.3) is 49.0 Å². The maximum absolute atomic E-state index is 10.1. The predicted molar refractivity (Wildman–Crippen MR) is 119 cm³/mol. The molecule has 2 N–H and O–H groups in total. The van der Waals surface area contributed by atoms with Crippen molar-refractivity contribution in [1.29, 1.82) is 0 Å². The molecular formula is C26H17NO2. The molecule has 1 heterocycles. The zero-order valence-corrected chi connectivity index (χ0v) is 15.5. The standard InChI is InChI=1S/C26H17NO2/c28-19-13-18(14-20(29)15-19)27-23-11-9-16-5-1-3-7-21(16)25(23)26-22-8-4-2-6-17(22)10-12-24(26)27/h1-15,28-29H. The molecule has 5 aromatic carbocycles. The minimum atomic E-state index is 0.0385. The fourth-order valence-electron chi connectivity index (χ4n) is 4.53. The molecule has 6 aromatic rings. The summed E-state index contributed by atoms with van der Waals surface area (Å²) in [5.41, 5.74) is 2.81. The largest absolute Gasteiger partial charge is 0.508 e. The van der Waals surface area contributed by atoms with Crippen LogP contribution in [0.15, 0.2) is 91.0 Å². The van der Waals surface area contributed by atoms with Crippen molar-refractivity contribution in [3.63, 3.8) is 0 Å². The Morgan fingerprint density at radius 2 is 1.00 bits per heavy atom. The molecule has 3 nitrogen and oxygen atoms in total. The van der Waals surface area contributed by atoms with Gasteiger partial charge in [-0.05, 0) is 33.7 Å². The summed E-state index contributed by atoms with van der Waals surface area (Å²) in [6.45, 7) is 0. The van der Waals surface area contributed by atoms with Crippen molar-refractivity contribution in [2.45, 2.75) is 0 Å². The fourth-order valence-corrected chi connectivity index (χ4v) is 4.53. The second-order valence-corrected chi connectivity index (χ2v) is 7.40. The topological polar surface area (TPSA) is 45.4 Å². The van der Waals surface area contributed by atoms with E-state index in [4.69, 9.17) is 0 Å². The number of aromatic hydroxyl groups is 2. The van der Waals surface area contributed by atoms with Gasteiger partial charge in [-0.2, -0.15) is 0 Å². The van der Waals surface area contributed by atoms with Crippen molar-refractivity contribution >= 4 is 43.4 Å². The molecule has 0 aliphatic rings. The van der Waals surface area contributed by atoms with E-state index in [0.717, 1.165) is 16.7 Å². The van der Waals surface area contributed by atoms with Crippen LogP contribution in [0.4, 0.5) is 0 Å². The van der Waals surface area contributed by atoms with Crippen LogP contribution in [0.1, 0.15) is 0 Å². The van der Waals surface area contributed by atoms with E-state index in [2.05, 4.69) is 77.4 Å². The normalized spacial score (nSPS) is 11.7. The summed E-state index contributed by atoms with van der Waals surface area (Å²) < 4.78 is 2.11. The lowest BCUT2D eigenvalue weighted by atomic mass is 10.00. The number of benzene rings is 5. The van der Waals surface area contributed by atoms with E-state index >= 15 is 0 Å². The quantitative estimate of drug-likeness (QED) is 0.344. The molecular weight excluding hydrogens is 358 g/mol. The Bertz CT molecular complexity index is 1460. The zero-order valence-electron chi connectivity index (χ0n) is 15.5. The molecule has 29 heavy (non-hydrogen) atoms. The molecule has 0 aliphatic heterocycles. The molecule has 0 atom stereocenters. The number of aromatic nitrogens is 1. The smallest absolute Gasteiger partial charge is 0.121 e. The van der Waals surface area contributed by atoms with Crippen LogP contribution >= 0.6 is 0 Å². The second kappa shape index (κ2) is 5.76. The summed E-state index contributed by atoms with van der Waals surface area (Å²) in [4.78, 5) is 0. The van der Waals surface area contributed by atoms with Gasteiger partial charge < -0.3 is 14.8 Å². The van der Waals surface area contributed by atoms with Gasteiger partial charge in [-0.15, -0.1) is 0 Å². The Hall–Kier alpha value is -3.98. The number of hydrogen-bond donors (Lipinski definition) is 2. The molecule has 0 saturated carbocycles. The third kappa shape index (κ3) is 2.25. The monoisotopic (exact) mass is 375 g/mol. The first kappa shape index (κ1) is 16.0. The van der Waals surface area contributed by atoms with Gasteiger partial charge in [0, 0.05) is 29.0 Å². The van der Waals surface area contributed by atoms with Crippen molar-refractivity contribution in [2.75, 3.05) is 0 Å². The van der Waals surface area contributed by atoms with Crippen molar-refractivity contribution in [3.8, 4) is 17.2 Å². The molecule has 0 spiro atoms. The van der Waals surface area contributed by atoms with Crippen LogP contribution in [-0.4, -0.2) is 14.8 Å². The molecule has 3 heteroatoms. The van der Waals surface area contributed by atoms with Crippen molar-refractivity contribution in [3.05, 3.63) is 91.0 Å². The summed E-state index contributed by atoms with van der Waals surface area (Å²) >= 11 is 0. The van der Waals surface area contributed by atoms with Gasteiger partial charge in [0.25, 0.3) is 0 Å². The van der Waals surface area contributed by atoms with E-state index in [1.54, 1.807) is 12.1 Å². The summed E-state index contributed by atoms with van der Waals surface area (Å²) in [6, 6.07) is 30.0. The molecule has 0 aliphatic carbocycles. The Morgan fingerprint density at radius 1 is 0.517 bits per heavy atom. The van der Waals surface area contributed by atoms with Crippen molar-refractivity contribution in [1.82, 2.24) is 4.57 Å². The van der Waals surface area contributed by atoms with Gasteiger partial charge in [-0.3, -0.25) is 0 Å². The Labute approximate surface area is 166 Å². The highest BCUT2D eigenvalue weighted by molar-refractivity contribution is 6.28. The summed E-state index contributed by atoms with van der Waals surface area (Å²) in [5.74, 6) is 0.0770. The average Bonchev–Trinajstić information content (AvgIpc) is 3.08. The van der Waals surface area contributed by atoms with E-state index < -0.39 is 0 Å². The minimum Gasteiger partial charge on any atom is -0.508 e. The van der Waals surface area contributed by atoms with E-state index in [-0.39, 0.29) is 11.5 Å². The molecule has 0 fully saturated rings. The van der Waals surface area contributed by atoms with Crippen molar-refractivity contribution < 1.29 is 10.2 Å². The van der Waals surface area contributed by atoms with E-state index in [1.165, 1.54) is 38.4 Å². The highest BCUT2D eigenvalue weighted by Crippen LogP contribution is 2.41. The SMILES string of the molecule is Oc1cc(O)cc(-n2c3ccc4ccccc4c3c3c4ccccc4ccc32)c1. The third-order valence-corrected chi connectivity index (χ3v) is 5.69. The van der Waals surface area contributed by atoms with Gasteiger partial charge in [-0.1, -0.05) is 60.7 Å². The average molecular weight is 375 g/mol. The number of fused-ring (bicyclic) bond motifs is 7. The molecule has 6 rings (SSSR count). The second-order valence-electron chi connectivity index (χ2n) is 7.40. The third-order valence-electron chi connectivity index (χ3n) is 5.69. The number of rotatable bonds is 1. The van der Waals surface area contributed by atoms with E-state index in [9.17, 15) is 10.2 Å². The first-order chi connectivity index (χ1) is 14.2. The molecule has 1 aromatic heterocycles. The number of phenols is 2. The first-order valence-electron chi connectivity index (χ1n) is 9.58. The van der Waals surface area contributed by atoms with Crippen LogP contribution in [0.5, 0.6) is 11.5 Å². The molecule has 0 radical (unpaired) electrons. The van der Waals surface area contributed by atoms with Gasteiger partial charge in [0.1, 0.15) is 11.5 Å². The molecule has 0 bridgehead atoms. The first-order valence-corrected chi connectivity index (χ1v) is 9.58. The molecule has 0 amide bonds. The number of nitrogens with zero attached hydrogens (tertiary/aromatic N) is 1. The highest BCUT2D eigenvalue weighted by Gasteiger charge is 2.17. The molecule has 0 saturated heterocycles. The summed E-state index contributed by atoms with van der Waals surface area (Å²) in [5, 5.41) is 27.3. The molecule has 0 unspecified atom stereocenters. The maximum atomic E-state index is 10.1. The Morgan fingerprint density at radius 3 is 1.52 bits per heavy atom.